The van der Waals surface area contributed by atoms with E-state index in [4.69, 9.17) is 5.10 Å². The predicted molar refractivity (Wildman–Crippen MR) is 182 cm³/mol. The number of hydrogen-bond acceptors (Lipinski definition) is 6. The van der Waals surface area contributed by atoms with Crippen LogP contribution < -0.4 is 10.6 Å². The van der Waals surface area contributed by atoms with Gasteiger partial charge in [0.2, 0.25) is 0 Å². The molecule has 5 rings (SSSR count). The molecule has 0 spiro atoms. The molecule has 0 aliphatic carbocycles. The molecule has 2 aromatic heterocycles. The van der Waals surface area contributed by atoms with E-state index in [2.05, 4.69) is 24.5 Å². The average Bonchev–Trinajstić information content (AvgIpc) is 3.72. The highest BCUT2D eigenvalue weighted by atomic mass is 32.1. The summed E-state index contributed by atoms with van der Waals surface area (Å²) in [7, 11) is 0. The van der Waals surface area contributed by atoms with Gasteiger partial charge in [0.25, 0.3) is 11.8 Å². The molecule has 4 amide bonds. The molecule has 0 fully saturated rings. The van der Waals surface area contributed by atoms with E-state index in [-0.39, 0.29) is 18.4 Å². The summed E-state index contributed by atoms with van der Waals surface area (Å²) in [5.41, 5.74) is 4.34. The van der Waals surface area contributed by atoms with Crippen molar-refractivity contribution in [1.82, 2.24) is 19.6 Å². The highest BCUT2D eigenvalue weighted by Crippen LogP contribution is 2.29. The van der Waals surface area contributed by atoms with Crippen molar-refractivity contribution in [2.75, 3.05) is 30.3 Å². The van der Waals surface area contributed by atoms with Gasteiger partial charge in [-0.1, -0.05) is 51.0 Å². The lowest BCUT2D eigenvalue weighted by molar-refractivity contribution is 0.0544. The second-order valence-corrected chi connectivity index (χ2v) is 12.6. The Morgan fingerprint density at radius 2 is 1.72 bits per heavy atom. The van der Waals surface area contributed by atoms with E-state index in [0.717, 1.165) is 36.8 Å². The Labute approximate surface area is 274 Å². The zero-order chi connectivity index (χ0) is 32.6. The van der Waals surface area contributed by atoms with Crippen LogP contribution in [-0.4, -0.2) is 68.3 Å². The van der Waals surface area contributed by atoms with Gasteiger partial charge in [-0.2, -0.15) is 5.10 Å². The van der Waals surface area contributed by atoms with Gasteiger partial charge in [0.15, 0.2) is 5.69 Å². The molecule has 1 unspecified atom stereocenters. The largest absolute Gasteiger partial charge is 0.394 e. The number of carbonyl (C=O) groups is 3. The Kier molecular flexibility index (Phi) is 10.9. The van der Waals surface area contributed by atoms with Crippen molar-refractivity contribution in [1.29, 1.82) is 0 Å². The molecule has 1 atom stereocenters. The number of rotatable bonds is 12. The first-order chi connectivity index (χ1) is 22.3. The molecule has 0 radical (unpaired) electrons. The Balaban J connectivity index is 1.51. The third-order valence-electron chi connectivity index (χ3n) is 8.25. The van der Waals surface area contributed by atoms with Crippen molar-refractivity contribution >= 4 is 39.9 Å². The summed E-state index contributed by atoms with van der Waals surface area (Å²) in [6, 6.07) is 17.6. The minimum atomic E-state index is -0.434. The third kappa shape index (κ3) is 7.48. The summed E-state index contributed by atoms with van der Waals surface area (Å²) in [5, 5.41) is 23.3. The topological polar surface area (TPSA) is 120 Å². The van der Waals surface area contributed by atoms with E-state index in [0.29, 0.717) is 59.4 Å². The van der Waals surface area contributed by atoms with Gasteiger partial charge in [0.1, 0.15) is 0 Å². The van der Waals surface area contributed by atoms with Crippen LogP contribution in [0.2, 0.25) is 0 Å². The number of aryl methyl sites for hydroxylation is 1. The Morgan fingerprint density at radius 1 is 0.978 bits per heavy atom. The zero-order valence-corrected chi connectivity index (χ0v) is 27.5. The molecule has 1 aliphatic heterocycles. The Hall–Kier alpha value is -4.48. The van der Waals surface area contributed by atoms with E-state index < -0.39 is 12.1 Å². The van der Waals surface area contributed by atoms with Gasteiger partial charge in [-0.05, 0) is 79.1 Å². The van der Waals surface area contributed by atoms with Crippen molar-refractivity contribution in [3.63, 3.8) is 0 Å². The Bertz CT molecular complexity index is 1660. The number of nitrogens with one attached hydrogen (secondary N) is 2. The summed E-state index contributed by atoms with van der Waals surface area (Å²) in [6.45, 7) is 7.53. The first kappa shape index (κ1) is 32.9. The van der Waals surface area contributed by atoms with Crippen LogP contribution in [0.4, 0.5) is 15.5 Å². The van der Waals surface area contributed by atoms with Crippen LogP contribution >= 0.6 is 11.3 Å². The van der Waals surface area contributed by atoms with Crippen LogP contribution in [0, 0.1) is 6.92 Å². The molecule has 11 heteroatoms. The fraction of sp³-hybridized carbons (Fsp3) is 0.371. The average molecular weight is 643 g/mol. The van der Waals surface area contributed by atoms with E-state index >= 15 is 0 Å². The summed E-state index contributed by atoms with van der Waals surface area (Å²) < 4.78 is 1.62. The molecule has 1 aliphatic rings. The lowest BCUT2D eigenvalue weighted by Crippen LogP contribution is -2.46. The van der Waals surface area contributed by atoms with Crippen LogP contribution in [0.25, 0.3) is 5.69 Å². The minimum absolute atomic E-state index is 0.131. The number of nitrogens with zero attached hydrogens (tertiary/aromatic N) is 4. The molecule has 0 saturated heterocycles. The van der Waals surface area contributed by atoms with Crippen molar-refractivity contribution in [3.05, 3.63) is 94.1 Å². The van der Waals surface area contributed by atoms with Crippen molar-refractivity contribution in [2.45, 2.75) is 65.5 Å². The van der Waals surface area contributed by atoms with Crippen LogP contribution in [0.1, 0.15) is 77.2 Å². The minimum Gasteiger partial charge on any atom is -0.394 e. The number of aromatic nitrogens is 2. The van der Waals surface area contributed by atoms with E-state index in [9.17, 15) is 19.5 Å². The maximum Gasteiger partial charge on any atom is 0.324 e. The lowest BCUT2D eigenvalue weighted by atomic mass is 9.93. The van der Waals surface area contributed by atoms with Crippen LogP contribution in [-0.2, 0) is 13.0 Å². The van der Waals surface area contributed by atoms with Gasteiger partial charge in [0, 0.05) is 31.0 Å². The van der Waals surface area contributed by atoms with Crippen molar-refractivity contribution in [2.24, 2.45) is 0 Å². The molecule has 242 valence electrons. The van der Waals surface area contributed by atoms with Crippen molar-refractivity contribution < 1.29 is 19.5 Å². The maximum absolute atomic E-state index is 14.4. The second kappa shape index (κ2) is 15.2. The fourth-order valence-corrected chi connectivity index (χ4v) is 6.35. The highest BCUT2D eigenvalue weighted by Gasteiger charge is 2.32. The molecule has 0 saturated carbocycles. The molecule has 0 bridgehead atoms. The first-order valence-corrected chi connectivity index (χ1v) is 16.8. The van der Waals surface area contributed by atoms with Gasteiger partial charge in [0.05, 0.1) is 28.9 Å². The summed E-state index contributed by atoms with van der Waals surface area (Å²) >= 11 is 1.40. The second-order valence-electron chi connectivity index (χ2n) is 11.6. The summed E-state index contributed by atoms with van der Waals surface area (Å²) in [6.07, 6.45) is 4.31. The van der Waals surface area contributed by atoms with Gasteiger partial charge in [-0.25, -0.2) is 9.48 Å². The van der Waals surface area contributed by atoms with Crippen LogP contribution in [0.3, 0.4) is 0 Å². The fourth-order valence-electron chi connectivity index (χ4n) is 5.73. The van der Waals surface area contributed by atoms with E-state index in [1.165, 1.54) is 11.3 Å². The number of carbonyl (C=O) groups excluding carboxylic acids is 3. The molecule has 3 heterocycles. The lowest BCUT2D eigenvalue weighted by Gasteiger charge is -2.36. The maximum atomic E-state index is 14.4. The zero-order valence-electron chi connectivity index (χ0n) is 26.7. The number of thiophene rings is 1. The van der Waals surface area contributed by atoms with Crippen molar-refractivity contribution in [3.8, 4) is 5.69 Å². The number of urea groups is 1. The number of fused-ring (bicyclic) bond motifs is 1. The molecule has 10 nitrogen and oxygen atoms in total. The summed E-state index contributed by atoms with van der Waals surface area (Å²) in [4.78, 5) is 44.4. The van der Waals surface area contributed by atoms with Gasteiger partial charge < -0.3 is 20.2 Å². The number of hydrogen-bond donors (Lipinski definition) is 3. The standard InChI is InChI=1S/C35H42N6O4S/c1-4-6-16-39(17-7-5-2)34(44)30-19-24(3)41(38-30)31-15-14-27(36-35(45)37-32-13-10-18-46-32)21-29(31)33(43)40-22-26-12-9-8-11-25(26)20-28(40)23-42/h8-15,18-19,21,28,42H,4-7,16-17,20,22-23H2,1-3H3,(H2,36,37,45). The predicted octanol–water partition coefficient (Wildman–Crippen LogP) is 6.49. The smallest absolute Gasteiger partial charge is 0.324 e. The number of aliphatic hydroxyl groups is 1. The number of unbranched alkanes of at least 4 members (excludes halogenated alkanes) is 2. The third-order valence-corrected chi connectivity index (χ3v) is 9.04. The first-order valence-electron chi connectivity index (χ1n) is 15.9. The van der Waals surface area contributed by atoms with Gasteiger partial charge >= 0.3 is 6.03 Å². The number of aliphatic hydroxyl groups excluding tert-OH is 1. The highest BCUT2D eigenvalue weighted by molar-refractivity contribution is 7.14. The van der Waals surface area contributed by atoms with E-state index in [1.807, 2.05) is 47.5 Å². The monoisotopic (exact) mass is 642 g/mol. The van der Waals surface area contributed by atoms with Gasteiger partial charge in [-0.3, -0.25) is 14.9 Å². The molecule has 4 aromatic rings. The summed E-state index contributed by atoms with van der Waals surface area (Å²) in [5.74, 6) is -0.436. The number of benzene rings is 2. The molecule has 2 aromatic carbocycles. The normalized spacial score (nSPS) is 14.1. The van der Waals surface area contributed by atoms with Crippen LogP contribution in [0.15, 0.2) is 66.0 Å². The Morgan fingerprint density at radius 3 is 2.39 bits per heavy atom. The molecule has 3 N–H and O–H groups in total. The molecular formula is C35H42N6O4S. The van der Waals surface area contributed by atoms with Crippen LogP contribution in [0.5, 0.6) is 0 Å². The van der Waals surface area contributed by atoms with E-state index in [1.54, 1.807) is 39.9 Å². The quantitative estimate of drug-likeness (QED) is 0.163. The molecule has 46 heavy (non-hydrogen) atoms. The van der Waals surface area contributed by atoms with Gasteiger partial charge in [-0.15, -0.1) is 11.3 Å². The number of anilines is 2. The SMILES string of the molecule is CCCCN(CCCC)C(=O)c1cc(C)n(-c2ccc(NC(=O)Nc3cccs3)cc2C(=O)N2Cc3ccccc3CC2CO)n1. The molecular weight excluding hydrogens is 600 g/mol. The number of amides is 4.